The predicted octanol–water partition coefficient (Wildman–Crippen LogP) is 2.88. The molecule has 1 aromatic rings. The summed E-state index contributed by atoms with van der Waals surface area (Å²) in [5.41, 5.74) is 6.72. The Morgan fingerprint density at radius 1 is 1.24 bits per heavy atom. The third kappa shape index (κ3) is 5.38. The minimum absolute atomic E-state index is 0.00943. The Balaban J connectivity index is 2.75. The topological polar surface area (TPSA) is 64.3 Å². The molecule has 118 valence electrons. The van der Waals surface area contributed by atoms with Gasteiger partial charge in [-0.1, -0.05) is 26.0 Å². The zero-order chi connectivity index (χ0) is 16.0. The number of amides is 1. The number of hydrogen-bond acceptors (Lipinski definition) is 3. The van der Waals surface area contributed by atoms with Crippen molar-refractivity contribution in [3.63, 3.8) is 0 Å². The van der Waals surface area contributed by atoms with Gasteiger partial charge in [0.15, 0.2) is 0 Å². The van der Waals surface area contributed by atoms with Crippen molar-refractivity contribution in [3.8, 4) is 5.75 Å². The average molecular weight is 292 g/mol. The van der Waals surface area contributed by atoms with Gasteiger partial charge in [-0.3, -0.25) is 4.79 Å². The minimum atomic E-state index is -0.150. The lowest BCUT2D eigenvalue weighted by atomic mass is 9.94. The van der Waals surface area contributed by atoms with Gasteiger partial charge in [-0.25, -0.2) is 0 Å². The molecule has 4 heteroatoms. The fourth-order valence-electron chi connectivity index (χ4n) is 2.22. The number of hydrogen-bond donors (Lipinski definition) is 2. The quantitative estimate of drug-likeness (QED) is 0.812. The minimum Gasteiger partial charge on any atom is -0.491 e. The molecule has 0 saturated heterocycles. The van der Waals surface area contributed by atoms with Crippen molar-refractivity contribution in [2.45, 2.75) is 46.8 Å². The number of nitrogens with two attached hydrogens (primary N) is 1. The molecule has 21 heavy (non-hydrogen) atoms. The highest BCUT2D eigenvalue weighted by atomic mass is 16.5. The molecule has 3 N–H and O–H groups in total. The van der Waals surface area contributed by atoms with Gasteiger partial charge >= 0.3 is 0 Å². The van der Waals surface area contributed by atoms with Crippen molar-refractivity contribution >= 4 is 5.91 Å². The van der Waals surface area contributed by atoms with Crippen LogP contribution in [0, 0.1) is 11.8 Å². The van der Waals surface area contributed by atoms with Crippen molar-refractivity contribution < 1.29 is 9.53 Å². The molecule has 0 saturated carbocycles. The van der Waals surface area contributed by atoms with Gasteiger partial charge in [-0.2, -0.15) is 0 Å². The molecule has 0 aliphatic carbocycles. The van der Waals surface area contributed by atoms with Crippen LogP contribution in [-0.2, 0) is 4.79 Å². The van der Waals surface area contributed by atoms with Crippen molar-refractivity contribution in [1.82, 2.24) is 5.32 Å². The summed E-state index contributed by atoms with van der Waals surface area (Å²) in [4.78, 5) is 12.2. The van der Waals surface area contributed by atoms with E-state index in [4.69, 9.17) is 10.5 Å². The van der Waals surface area contributed by atoms with E-state index in [2.05, 4.69) is 5.32 Å². The number of carbonyl (C=O) groups is 1. The fraction of sp³-hybridized carbons (Fsp3) is 0.588. The summed E-state index contributed by atoms with van der Waals surface area (Å²) in [7, 11) is 0. The molecular formula is C17H28N2O2. The van der Waals surface area contributed by atoms with Gasteiger partial charge < -0.3 is 15.8 Å². The number of nitrogens with one attached hydrogen (secondary N) is 1. The Morgan fingerprint density at radius 2 is 1.90 bits per heavy atom. The molecule has 0 radical (unpaired) electrons. The van der Waals surface area contributed by atoms with E-state index in [1.54, 1.807) is 0 Å². The molecule has 1 aromatic carbocycles. The number of benzene rings is 1. The zero-order valence-electron chi connectivity index (χ0n) is 13.7. The molecule has 0 bridgehead atoms. The monoisotopic (exact) mass is 292 g/mol. The lowest BCUT2D eigenvalue weighted by Crippen LogP contribution is -2.39. The number of carbonyl (C=O) groups excluding carboxylic acids is 1. The maximum Gasteiger partial charge on any atom is 0.225 e. The van der Waals surface area contributed by atoms with E-state index in [1.807, 2.05) is 58.9 Å². The van der Waals surface area contributed by atoms with Gasteiger partial charge in [0.05, 0.1) is 18.1 Å². The first-order chi connectivity index (χ1) is 9.85. The van der Waals surface area contributed by atoms with Gasteiger partial charge in [0.25, 0.3) is 0 Å². The number of rotatable bonds is 7. The summed E-state index contributed by atoms with van der Waals surface area (Å²) in [5.74, 6) is 0.915. The molecule has 0 aliphatic rings. The molecule has 4 nitrogen and oxygen atoms in total. The van der Waals surface area contributed by atoms with Crippen LogP contribution in [0.2, 0.25) is 0 Å². The van der Waals surface area contributed by atoms with E-state index in [1.165, 1.54) is 0 Å². The molecule has 2 unspecified atom stereocenters. The molecule has 0 aliphatic heterocycles. The third-order valence-electron chi connectivity index (χ3n) is 3.48. The van der Waals surface area contributed by atoms with E-state index in [-0.39, 0.29) is 29.9 Å². The van der Waals surface area contributed by atoms with Gasteiger partial charge in [0, 0.05) is 6.54 Å². The summed E-state index contributed by atoms with van der Waals surface area (Å²) in [6.45, 7) is 10.4. The third-order valence-corrected chi connectivity index (χ3v) is 3.48. The van der Waals surface area contributed by atoms with E-state index in [0.29, 0.717) is 6.54 Å². The van der Waals surface area contributed by atoms with Crippen LogP contribution in [0.15, 0.2) is 24.3 Å². The van der Waals surface area contributed by atoms with E-state index >= 15 is 0 Å². The van der Waals surface area contributed by atoms with Crippen LogP contribution >= 0.6 is 0 Å². The van der Waals surface area contributed by atoms with Crippen LogP contribution in [0.25, 0.3) is 0 Å². The van der Waals surface area contributed by atoms with Crippen LogP contribution in [0.3, 0.4) is 0 Å². The second-order valence-corrected chi connectivity index (χ2v) is 6.06. The van der Waals surface area contributed by atoms with Crippen LogP contribution in [0.4, 0.5) is 0 Å². The van der Waals surface area contributed by atoms with Gasteiger partial charge in [-0.15, -0.1) is 0 Å². The standard InChI is InChI=1S/C17H28N2O2/c1-11(2)16(10-18)17(20)19-13(5)14-7-6-8-15(9-14)21-12(3)4/h6-9,11-13,16H,10,18H2,1-5H3,(H,19,20). The highest BCUT2D eigenvalue weighted by molar-refractivity contribution is 5.79. The second kappa shape index (κ2) is 8.03. The van der Waals surface area contributed by atoms with Crippen LogP contribution in [0.5, 0.6) is 5.75 Å². The largest absolute Gasteiger partial charge is 0.491 e. The first kappa shape index (κ1) is 17.5. The van der Waals surface area contributed by atoms with Crippen LogP contribution in [-0.4, -0.2) is 18.6 Å². The predicted molar refractivity (Wildman–Crippen MR) is 86.1 cm³/mol. The van der Waals surface area contributed by atoms with Crippen LogP contribution < -0.4 is 15.8 Å². The lowest BCUT2D eigenvalue weighted by Gasteiger charge is -2.22. The van der Waals surface area contributed by atoms with Gasteiger partial charge in [0.2, 0.25) is 5.91 Å². The molecule has 1 rings (SSSR count). The summed E-state index contributed by atoms with van der Waals surface area (Å²) < 4.78 is 5.68. The second-order valence-electron chi connectivity index (χ2n) is 6.06. The maximum atomic E-state index is 12.2. The SMILES string of the molecule is CC(C)Oc1cccc(C(C)NC(=O)C(CN)C(C)C)c1. The first-order valence-corrected chi connectivity index (χ1v) is 7.62. The smallest absolute Gasteiger partial charge is 0.225 e. The molecule has 0 aromatic heterocycles. The van der Waals surface area contributed by atoms with Gasteiger partial charge in [-0.05, 0) is 44.4 Å². The molecular weight excluding hydrogens is 264 g/mol. The highest BCUT2D eigenvalue weighted by Gasteiger charge is 2.22. The Bertz CT molecular complexity index is 458. The lowest BCUT2D eigenvalue weighted by molar-refractivity contribution is -0.126. The molecule has 0 heterocycles. The number of ether oxygens (including phenoxy) is 1. The summed E-state index contributed by atoms with van der Waals surface area (Å²) in [5, 5.41) is 3.03. The molecule has 0 fully saturated rings. The normalized spacial score (nSPS) is 14.1. The highest BCUT2D eigenvalue weighted by Crippen LogP contribution is 2.21. The average Bonchev–Trinajstić information content (AvgIpc) is 2.38. The Hall–Kier alpha value is -1.55. The summed E-state index contributed by atoms with van der Waals surface area (Å²) in [6.07, 6.45) is 0.132. The summed E-state index contributed by atoms with van der Waals surface area (Å²) in [6, 6.07) is 7.76. The van der Waals surface area contributed by atoms with E-state index in [0.717, 1.165) is 11.3 Å². The molecule has 2 atom stereocenters. The van der Waals surface area contributed by atoms with Crippen molar-refractivity contribution in [2.24, 2.45) is 17.6 Å². The first-order valence-electron chi connectivity index (χ1n) is 7.62. The fourth-order valence-corrected chi connectivity index (χ4v) is 2.22. The molecule has 1 amide bonds. The van der Waals surface area contributed by atoms with Crippen molar-refractivity contribution in [3.05, 3.63) is 29.8 Å². The Labute approximate surface area is 128 Å². The van der Waals surface area contributed by atoms with Crippen molar-refractivity contribution in [2.75, 3.05) is 6.54 Å². The Kier molecular flexibility index (Phi) is 6.69. The van der Waals surface area contributed by atoms with Crippen molar-refractivity contribution in [1.29, 1.82) is 0 Å². The summed E-state index contributed by atoms with van der Waals surface area (Å²) >= 11 is 0. The Morgan fingerprint density at radius 3 is 2.43 bits per heavy atom. The van der Waals surface area contributed by atoms with E-state index < -0.39 is 0 Å². The van der Waals surface area contributed by atoms with Crippen LogP contribution in [0.1, 0.15) is 46.2 Å². The van der Waals surface area contributed by atoms with Gasteiger partial charge in [0.1, 0.15) is 5.75 Å². The maximum absolute atomic E-state index is 12.2. The molecule has 0 spiro atoms. The zero-order valence-corrected chi connectivity index (χ0v) is 13.7. The van der Waals surface area contributed by atoms with E-state index in [9.17, 15) is 4.79 Å².